The molecule has 5 rings (SSSR count). The number of rotatable bonds is 8. The molecule has 196 valence electrons. The van der Waals surface area contributed by atoms with Crippen molar-refractivity contribution in [3.05, 3.63) is 53.9 Å². The summed E-state index contributed by atoms with van der Waals surface area (Å²) in [5, 5.41) is 23.6. The number of aliphatic hydroxyl groups is 1. The maximum atomic E-state index is 13.1. The fourth-order valence-electron chi connectivity index (χ4n) is 4.46. The maximum absolute atomic E-state index is 13.1. The lowest BCUT2D eigenvalue weighted by Gasteiger charge is -2.23. The number of carbonyl (C=O) groups is 2. The van der Waals surface area contributed by atoms with Gasteiger partial charge in [0.25, 0.3) is 11.8 Å². The number of β-amino-alcohol motifs (C(OH)–C–C–N with tert-alkyl or cyclic N) is 1. The smallest absolute Gasteiger partial charge is 0.260 e. The summed E-state index contributed by atoms with van der Waals surface area (Å²) >= 11 is 1.46. The van der Waals surface area contributed by atoms with Gasteiger partial charge in [-0.1, -0.05) is 0 Å². The van der Waals surface area contributed by atoms with Crippen LogP contribution in [0.1, 0.15) is 39.3 Å². The fraction of sp³-hybridized carbons (Fsp3) is 0.375. The van der Waals surface area contributed by atoms with Crippen molar-refractivity contribution in [2.45, 2.75) is 25.8 Å². The molecule has 0 aromatic carbocycles. The Morgan fingerprint density at radius 1 is 1.19 bits per heavy atom. The van der Waals surface area contributed by atoms with Crippen molar-refractivity contribution in [2.75, 3.05) is 31.6 Å². The number of nitrogens with one attached hydrogen (secondary N) is 2. The van der Waals surface area contributed by atoms with E-state index in [2.05, 4.69) is 30.7 Å². The number of hydrogen-bond acceptors (Lipinski definition) is 8. The molecule has 1 unspecified atom stereocenters. The quantitative estimate of drug-likeness (QED) is 0.310. The lowest BCUT2D eigenvalue weighted by molar-refractivity contribution is 0.0936. The van der Waals surface area contributed by atoms with Crippen LogP contribution in [0.2, 0.25) is 0 Å². The monoisotopic (exact) mass is 544 g/mol. The molecular formula is C24H29ClN8O3S. The molecule has 11 nitrogen and oxygen atoms in total. The number of anilines is 1. The van der Waals surface area contributed by atoms with Crippen molar-refractivity contribution in [1.82, 2.24) is 34.6 Å². The molecule has 5 heterocycles. The molecule has 1 aliphatic rings. The average Bonchev–Trinajstić information content (AvgIpc) is 3.63. The SMILES string of the molecule is Cc1ncc(C(=O)NCC2CCCN2CCO)cc1NC(=O)c1cnn2cc(-c3cnn(C)c3)sc12.Cl. The second kappa shape index (κ2) is 11.4. The summed E-state index contributed by atoms with van der Waals surface area (Å²) < 4.78 is 3.41. The number of fused-ring (bicyclic) bond motifs is 1. The standard InChI is InChI=1S/C24H28N8O3S.ClH/c1-15-20(8-16(9-25-15)22(34)26-11-18-4-3-5-31(18)6-7-33)29-23(35)19-12-28-32-14-21(36-24(19)32)17-10-27-30(2)13-17;/h8-10,12-14,18,33H,3-7,11H2,1-2H3,(H,26,34)(H,29,35);1H. The van der Waals surface area contributed by atoms with Crippen molar-refractivity contribution in [1.29, 1.82) is 0 Å². The molecule has 1 saturated heterocycles. The zero-order valence-corrected chi connectivity index (χ0v) is 22.2. The van der Waals surface area contributed by atoms with E-state index in [1.54, 1.807) is 28.4 Å². The van der Waals surface area contributed by atoms with Gasteiger partial charge < -0.3 is 15.7 Å². The summed E-state index contributed by atoms with van der Waals surface area (Å²) in [7, 11) is 1.85. The predicted octanol–water partition coefficient (Wildman–Crippen LogP) is 2.36. The highest BCUT2D eigenvalue weighted by Gasteiger charge is 2.24. The normalized spacial score (nSPS) is 15.6. The van der Waals surface area contributed by atoms with Gasteiger partial charge in [0.05, 0.1) is 46.4 Å². The highest BCUT2D eigenvalue weighted by molar-refractivity contribution is 7.21. The molecule has 13 heteroatoms. The Hall–Kier alpha value is -3.32. The van der Waals surface area contributed by atoms with Gasteiger partial charge >= 0.3 is 0 Å². The Balaban J connectivity index is 0.00000320. The summed E-state index contributed by atoms with van der Waals surface area (Å²) in [5.41, 5.74) is 2.84. The fourth-order valence-corrected chi connectivity index (χ4v) is 5.49. The van der Waals surface area contributed by atoms with Crippen LogP contribution in [-0.4, -0.2) is 78.5 Å². The largest absolute Gasteiger partial charge is 0.395 e. The van der Waals surface area contributed by atoms with Gasteiger partial charge in [0, 0.05) is 50.3 Å². The highest BCUT2D eigenvalue weighted by Crippen LogP contribution is 2.30. The van der Waals surface area contributed by atoms with E-state index >= 15 is 0 Å². The van der Waals surface area contributed by atoms with E-state index in [1.165, 1.54) is 23.7 Å². The van der Waals surface area contributed by atoms with E-state index in [4.69, 9.17) is 0 Å². The number of amides is 2. The number of thiazole rings is 1. The number of pyridine rings is 1. The van der Waals surface area contributed by atoms with Gasteiger partial charge in [-0.05, 0) is 32.4 Å². The number of aliphatic hydroxyl groups excluding tert-OH is 1. The third kappa shape index (κ3) is 5.67. The van der Waals surface area contributed by atoms with E-state index in [-0.39, 0.29) is 36.9 Å². The molecule has 1 atom stereocenters. The van der Waals surface area contributed by atoms with E-state index in [0.29, 0.717) is 35.6 Å². The topological polar surface area (TPSA) is 130 Å². The van der Waals surface area contributed by atoms with Crippen molar-refractivity contribution < 1.29 is 14.7 Å². The zero-order valence-electron chi connectivity index (χ0n) is 20.5. The summed E-state index contributed by atoms with van der Waals surface area (Å²) in [6.07, 6.45) is 10.6. The van der Waals surface area contributed by atoms with E-state index in [0.717, 1.165) is 34.7 Å². The van der Waals surface area contributed by atoms with Gasteiger partial charge in [-0.2, -0.15) is 10.2 Å². The first-order chi connectivity index (χ1) is 17.4. The van der Waals surface area contributed by atoms with Crippen molar-refractivity contribution >= 4 is 46.1 Å². The Bertz CT molecular complexity index is 1410. The van der Waals surface area contributed by atoms with Crippen LogP contribution in [0.25, 0.3) is 15.3 Å². The minimum Gasteiger partial charge on any atom is -0.395 e. The third-order valence-electron chi connectivity index (χ3n) is 6.41. The molecule has 4 aromatic heterocycles. The van der Waals surface area contributed by atoms with Crippen LogP contribution in [-0.2, 0) is 7.05 Å². The van der Waals surface area contributed by atoms with Crippen LogP contribution in [0.15, 0.2) is 37.1 Å². The molecule has 0 spiro atoms. The van der Waals surface area contributed by atoms with E-state index in [9.17, 15) is 14.7 Å². The number of likely N-dealkylation sites (tertiary alicyclic amines) is 1. The average molecular weight is 545 g/mol. The summed E-state index contributed by atoms with van der Waals surface area (Å²) in [4.78, 5) is 34.1. The number of aryl methyl sites for hydroxylation is 2. The zero-order chi connectivity index (χ0) is 25.2. The number of carbonyl (C=O) groups excluding carboxylic acids is 2. The minimum atomic E-state index is -0.322. The molecule has 2 amide bonds. The van der Waals surface area contributed by atoms with Gasteiger partial charge in [-0.25, -0.2) is 4.52 Å². The lowest BCUT2D eigenvalue weighted by Crippen LogP contribution is -2.41. The maximum Gasteiger partial charge on any atom is 0.260 e. The first kappa shape index (κ1) is 26.7. The Morgan fingerprint density at radius 2 is 2.03 bits per heavy atom. The highest BCUT2D eigenvalue weighted by atomic mass is 35.5. The second-order valence-electron chi connectivity index (χ2n) is 8.88. The number of halogens is 1. The van der Waals surface area contributed by atoms with Gasteiger partial charge in [0.1, 0.15) is 4.83 Å². The lowest BCUT2D eigenvalue weighted by atomic mass is 10.2. The molecule has 4 aromatic rings. The predicted molar refractivity (Wildman–Crippen MR) is 143 cm³/mol. The molecule has 0 saturated carbocycles. The first-order valence-electron chi connectivity index (χ1n) is 11.8. The molecule has 0 radical (unpaired) electrons. The van der Waals surface area contributed by atoms with Gasteiger partial charge in [0.2, 0.25) is 0 Å². The number of nitrogens with zero attached hydrogens (tertiary/aromatic N) is 6. The first-order valence-corrected chi connectivity index (χ1v) is 12.6. The van der Waals surface area contributed by atoms with Gasteiger partial charge in [-0.15, -0.1) is 23.7 Å². The van der Waals surface area contributed by atoms with Crippen molar-refractivity contribution in [2.24, 2.45) is 7.05 Å². The molecular weight excluding hydrogens is 516 g/mol. The van der Waals surface area contributed by atoms with Crippen LogP contribution >= 0.6 is 23.7 Å². The number of hydrogen-bond donors (Lipinski definition) is 3. The van der Waals surface area contributed by atoms with Gasteiger partial charge in [-0.3, -0.25) is 24.2 Å². The Labute approximate surface area is 223 Å². The minimum absolute atomic E-state index is 0. The van der Waals surface area contributed by atoms with Crippen LogP contribution in [0.5, 0.6) is 0 Å². The molecule has 37 heavy (non-hydrogen) atoms. The van der Waals surface area contributed by atoms with Crippen LogP contribution in [0.3, 0.4) is 0 Å². The van der Waals surface area contributed by atoms with Crippen molar-refractivity contribution in [3.63, 3.8) is 0 Å². The Kier molecular flexibility index (Phi) is 8.22. The molecule has 0 aliphatic carbocycles. The second-order valence-corrected chi connectivity index (χ2v) is 9.91. The molecule has 1 fully saturated rings. The summed E-state index contributed by atoms with van der Waals surface area (Å²) in [5.74, 6) is -0.571. The molecule has 0 bridgehead atoms. The molecule has 3 N–H and O–H groups in total. The molecule has 1 aliphatic heterocycles. The van der Waals surface area contributed by atoms with Crippen LogP contribution in [0.4, 0.5) is 5.69 Å². The van der Waals surface area contributed by atoms with Crippen LogP contribution in [0, 0.1) is 6.92 Å². The van der Waals surface area contributed by atoms with Crippen LogP contribution < -0.4 is 10.6 Å². The van der Waals surface area contributed by atoms with E-state index in [1.807, 2.05) is 19.4 Å². The van der Waals surface area contributed by atoms with Gasteiger partial charge in [0.15, 0.2) is 0 Å². The van der Waals surface area contributed by atoms with E-state index < -0.39 is 0 Å². The summed E-state index contributed by atoms with van der Waals surface area (Å²) in [6, 6.07) is 1.86. The van der Waals surface area contributed by atoms with Crippen molar-refractivity contribution in [3.8, 4) is 10.4 Å². The number of aromatic nitrogens is 5. The summed E-state index contributed by atoms with van der Waals surface area (Å²) in [6.45, 7) is 3.93. The Morgan fingerprint density at radius 3 is 2.78 bits per heavy atom. The third-order valence-corrected chi connectivity index (χ3v) is 7.57.